The van der Waals surface area contributed by atoms with Crippen molar-refractivity contribution in [3.8, 4) is 28.3 Å². The molecule has 0 aliphatic carbocycles. The molecule has 2 aliphatic heterocycles. The van der Waals surface area contributed by atoms with Gasteiger partial charge in [0, 0.05) is 60.5 Å². The molecule has 7 rings (SSSR count). The zero-order valence-corrected chi connectivity index (χ0v) is 30.5. The zero-order chi connectivity index (χ0) is 36.4. The minimum atomic E-state index is -1.04. The van der Waals surface area contributed by atoms with Gasteiger partial charge >= 0.3 is 5.97 Å². The summed E-state index contributed by atoms with van der Waals surface area (Å²) in [5.41, 5.74) is 5.39. The molecule has 4 N–H and O–H groups in total. The summed E-state index contributed by atoms with van der Waals surface area (Å²) >= 11 is 15.7. The van der Waals surface area contributed by atoms with Crippen LogP contribution < -0.4 is 20.7 Å². The molecule has 2 aromatic carbocycles. The number of amides is 1. The number of aromatic nitrogens is 3. The Morgan fingerprint density at radius 3 is 2.65 bits per heavy atom. The van der Waals surface area contributed by atoms with E-state index in [0.717, 1.165) is 33.8 Å². The number of pyridine rings is 2. The van der Waals surface area contributed by atoms with Crippen molar-refractivity contribution in [2.24, 2.45) is 5.92 Å². The Morgan fingerprint density at radius 1 is 1.12 bits per heavy atom. The number of carboxylic acid groups (broad SMARTS) is 1. The highest BCUT2D eigenvalue weighted by Crippen LogP contribution is 2.43. The fourth-order valence-electron chi connectivity index (χ4n) is 6.73. The van der Waals surface area contributed by atoms with Gasteiger partial charge in [-0.25, -0.2) is 19.3 Å². The standard InChI is InChI=1S/C37H36Cl2FN7O4S/c1-20-14-28(45-36(51-19-40)26(20)16-41-15-22-8-9-30(48)43-22)25-6-2-4-23(32(25)38)24-5-3-7-27(33(24)39)44-35-34-29(10-12-42-35)52-31(46-34)18-47-13-11-21(17-47)37(49)50/h2-7,10,12,14,21-22,41H,8-9,11,13,15-19H2,1H3,(H,42,44)(H,43,48)(H,49,50)/t21-,22-/m0/s1. The summed E-state index contributed by atoms with van der Waals surface area (Å²) in [6, 6.07) is 15.1. The highest BCUT2D eigenvalue weighted by Gasteiger charge is 2.29. The number of nitrogens with zero attached hydrogens (tertiary/aromatic N) is 4. The Labute approximate surface area is 313 Å². The van der Waals surface area contributed by atoms with Gasteiger partial charge in [0.15, 0.2) is 5.82 Å². The summed E-state index contributed by atoms with van der Waals surface area (Å²) < 4.78 is 19.8. The average Bonchev–Trinajstić information content (AvgIpc) is 3.87. The highest BCUT2D eigenvalue weighted by molar-refractivity contribution is 7.18. The van der Waals surface area contributed by atoms with Gasteiger partial charge in [0.25, 0.3) is 0 Å². The van der Waals surface area contributed by atoms with Crippen molar-refractivity contribution in [1.29, 1.82) is 0 Å². The van der Waals surface area contributed by atoms with E-state index in [1.807, 2.05) is 55.5 Å². The Balaban J connectivity index is 1.13. The fourth-order valence-corrected chi connectivity index (χ4v) is 8.33. The van der Waals surface area contributed by atoms with Crippen LogP contribution in [0.25, 0.3) is 32.6 Å². The first-order valence-electron chi connectivity index (χ1n) is 16.9. The first kappa shape index (κ1) is 36.0. The second-order valence-corrected chi connectivity index (χ2v) is 14.8. The molecule has 5 aromatic rings. The Bertz CT molecular complexity index is 2150. The molecule has 15 heteroatoms. The molecule has 2 fully saturated rings. The number of ether oxygens (including phenoxy) is 1. The number of rotatable bonds is 13. The molecule has 2 aliphatic rings. The lowest BCUT2D eigenvalue weighted by molar-refractivity contribution is -0.141. The molecular formula is C37H36Cl2FN7O4S. The predicted molar refractivity (Wildman–Crippen MR) is 201 cm³/mol. The lowest BCUT2D eigenvalue weighted by atomic mass is 9.99. The number of alkyl halides is 1. The summed E-state index contributed by atoms with van der Waals surface area (Å²) in [6.07, 6.45) is 3.64. The van der Waals surface area contributed by atoms with E-state index < -0.39 is 12.8 Å². The molecule has 2 saturated heterocycles. The lowest BCUT2D eigenvalue weighted by Gasteiger charge is -2.17. The van der Waals surface area contributed by atoms with Crippen molar-refractivity contribution in [1.82, 2.24) is 30.5 Å². The van der Waals surface area contributed by atoms with Gasteiger partial charge in [-0.05, 0) is 50.1 Å². The average molecular weight is 765 g/mol. The van der Waals surface area contributed by atoms with Gasteiger partial charge < -0.3 is 25.8 Å². The van der Waals surface area contributed by atoms with Crippen LogP contribution in [-0.4, -0.2) is 69.4 Å². The van der Waals surface area contributed by atoms with Gasteiger partial charge in [0.1, 0.15) is 10.5 Å². The summed E-state index contributed by atoms with van der Waals surface area (Å²) in [6.45, 7) is 3.64. The minimum absolute atomic E-state index is 0.0480. The van der Waals surface area contributed by atoms with Crippen LogP contribution in [0.5, 0.6) is 5.88 Å². The van der Waals surface area contributed by atoms with E-state index in [0.29, 0.717) is 88.5 Å². The van der Waals surface area contributed by atoms with Gasteiger partial charge in [0.05, 0.1) is 38.6 Å². The van der Waals surface area contributed by atoms with Crippen LogP contribution in [0.4, 0.5) is 15.9 Å². The normalized spacial score (nSPS) is 17.5. The molecule has 270 valence electrons. The van der Waals surface area contributed by atoms with Crippen molar-refractivity contribution < 1.29 is 23.8 Å². The summed E-state index contributed by atoms with van der Waals surface area (Å²) in [7, 11) is 0. The molecule has 1 amide bonds. The minimum Gasteiger partial charge on any atom is -0.481 e. The molecule has 0 radical (unpaired) electrons. The number of carbonyl (C=O) groups is 2. The molecule has 2 atom stereocenters. The van der Waals surface area contributed by atoms with Gasteiger partial charge in [-0.15, -0.1) is 11.3 Å². The topological polar surface area (TPSA) is 142 Å². The second-order valence-electron chi connectivity index (χ2n) is 12.9. The van der Waals surface area contributed by atoms with E-state index in [1.165, 1.54) is 0 Å². The van der Waals surface area contributed by atoms with Crippen LogP contribution in [0.1, 0.15) is 35.4 Å². The molecule has 0 saturated carbocycles. The number of carbonyl (C=O) groups excluding carboxylic acids is 1. The molecule has 3 aromatic heterocycles. The monoisotopic (exact) mass is 763 g/mol. The molecule has 0 spiro atoms. The molecule has 52 heavy (non-hydrogen) atoms. The van der Waals surface area contributed by atoms with Crippen molar-refractivity contribution >= 4 is 68.1 Å². The maximum Gasteiger partial charge on any atom is 0.307 e. The van der Waals surface area contributed by atoms with Crippen LogP contribution in [0.2, 0.25) is 10.0 Å². The quantitative estimate of drug-likeness (QED) is 0.0962. The van der Waals surface area contributed by atoms with Crippen LogP contribution in [0, 0.1) is 12.8 Å². The first-order valence-corrected chi connectivity index (χ1v) is 18.5. The number of likely N-dealkylation sites (tertiary alicyclic amines) is 1. The maximum atomic E-state index is 13.5. The van der Waals surface area contributed by atoms with E-state index in [1.54, 1.807) is 17.5 Å². The van der Waals surface area contributed by atoms with Crippen molar-refractivity contribution in [2.45, 2.75) is 45.3 Å². The number of hydrogen-bond donors (Lipinski definition) is 4. The Kier molecular flexibility index (Phi) is 10.9. The number of hydrogen-bond acceptors (Lipinski definition) is 10. The third kappa shape index (κ3) is 7.69. The van der Waals surface area contributed by atoms with E-state index in [-0.39, 0.29) is 23.7 Å². The number of anilines is 2. The smallest absolute Gasteiger partial charge is 0.307 e. The van der Waals surface area contributed by atoms with Crippen molar-refractivity contribution in [3.63, 3.8) is 0 Å². The summed E-state index contributed by atoms with van der Waals surface area (Å²) in [4.78, 5) is 39.2. The molecule has 0 unspecified atom stereocenters. The third-order valence-electron chi connectivity index (χ3n) is 9.43. The van der Waals surface area contributed by atoms with E-state index in [2.05, 4.69) is 30.8 Å². The number of thiazole rings is 1. The van der Waals surface area contributed by atoms with Crippen LogP contribution in [-0.2, 0) is 22.7 Å². The Morgan fingerprint density at radius 2 is 1.90 bits per heavy atom. The van der Waals surface area contributed by atoms with Gasteiger partial charge in [-0.3, -0.25) is 14.5 Å². The number of carboxylic acids is 1. The number of benzene rings is 2. The molecule has 0 bridgehead atoms. The van der Waals surface area contributed by atoms with Crippen molar-refractivity contribution in [3.05, 3.63) is 80.9 Å². The van der Waals surface area contributed by atoms with Gasteiger partial charge in [0.2, 0.25) is 18.6 Å². The largest absolute Gasteiger partial charge is 0.481 e. The van der Waals surface area contributed by atoms with Crippen LogP contribution >= 0.6 is 34.5 Å². The predicted octanol–water partition coefficient (Wildman–Crippen LogP) is 7.36. The van der Waals surface area contributed by atoms with E-state index >= 15 is 0 Å². The second kappa shape index (κ2) is 15.7. The van der Waals surface area contributed by atoms with Crippen LogP contribution in [0.3, 0.4) is 0 Å². The van der Waals surface area contributed by atoms with Gasteiger partial charge in [-0.2, -0.15) is 0 Å². The molecule has 5 heterocycles. The summed E-state index contributed by atoms with van der Waals surface area (Å²) in [5, 5.41) is 20.7. The zero-order valence-electron chi connectivity index (χ0n) is 28.2. The number of halogens is 3. The van der Waals surface area contributed by atoms with Crippen LogP contribution in [0.15, 0.2) is 54.7 Å². The van der Waals surface area contributed by atoms with Crippen molar-refractivity contribution in [2.75, 3.05) is 31.8 Å². The fraction of sp³-hybridized carbons (Fsp3) is 0.324. The Hall–Kier alpha value is -4.40. The van der Waals surface area contributed by atoms with E-state index in [4.69, 9.17) is 32.9 Å². The molecule has 11 nitrogen and oxygen atoms in total. The number of aryl methyl sites for hydroxylation is 1. The summed E-state index contributed by atoms with van der Waals surface area (Å²) in [5.74, 6) is -0.343. The number of nitrogens with one attached hydrogen (secondary N) is 3. The maximum absolute atomic E-state index is 13.5. The van der Waals surface area contributed by atoms with Gasteiger partial charge in [-0.1, -0.05) is 53.5 Å². The lowest BCUT2D eigenvalue weighted by Crippen LogP contribution is -2.35. The highest BCUT2D eigenvalue weighted by atomic mass is 35.5. The SMILES string of the molecule is Cc1cc(-c2cccc(-c3cccc(Nc4nccc5sc(CN6CC[C@H](C(=O)O)C6)nc45)c3Cl)c2Cl)nc(OCF)c1CNC[C@@H]1CCC(=O)N1. The number of aliphatic carboxylic acids is 1. The number of fused-ring (bicyclic) bond motifs is 1. The first-order chi connectivity index (χ1) is 25.2. The van der Waals surface area contributed by atoms with E-state index in [9.17, 15) is 19.1 Å². The molecular weight excluding hydrogens is 728 g/mol. The third-order valence-corrected chi connectivity index (χ3v) is 11.2.